The lowest BCUT2D eigenvalue weighted by Gasteiger charge is -2.05. The summed E-state index contributed by atoms with van der Waals surface area (Å²) in [4.78, 5) is 24.2. The first-order chi connectivity index (χ1) is 9.33. The van der Waals surface area contributed by atoms with Crippen LogP contribution in [-0.4, -0.2) is 20.9 Å². The van der Waals surface area contributed by atoms with Crippen LogP contribution in [0.25, 0.3) is 11.0 Å². The van der Waals surface area contributed by atoms with Crippen LogP contribution >= 0.6 is 0 Å². The second-order valence-electron chi connectivity index (χ2n) is 3.95. The van der Waals surface area contributed by atoms with Crippen molar-refractivity contribution in [2.45, 2.75) is 0 Å². The average molecular weight is 250 g/mol. The lowest BCUT2D eigenvalue weighted by molar-refractivity contribution is 0.102. The van der Waals surface area contributed by atoms with E-state index in [0.29, 0.717) is 11.3 Å². The highest BCUT2D eigenvalue weighted by molar-refractivity contribution is 6.04. The van der Waals surface area contributed by atoms with E-state index in [-0.39, 0.29) is 5.91 Å². The van der Waals surface area contributed by atoms with Crippen molar-refractivity contribution in [2.24, 2.45) is 0 Å². The second kappa shape index (κ2) is 4.81. The van der Waals surface area contributed by atoms with Crippen LogP contribution in [0.15, 0.2) is 55.1 Å². The average Bonchev–Trinajstić information content (AvgIpc) is 2.48. The third-order valence-electron chi connectivity index (χ3n) is 2.67. The van der Waals surface area contributed by atoms with E-state index in [1.54, 1.807) is 49.1 Å². The van der Waals surface area contributed by atoms with Gasteiger partial charge in [0.05, 0.1) is 11.0 Å². The van der Waals surface area contributed by atoms with Crippen molar-refractivity contribution in [3.63, 3.8) is 0 Å². The number of hydrogen-bond donors (Lipinski definition) is 1. The molecular weight excluding hydrogens is 240 g/mol. The van der Waals surface area contributed by atoms with Crippen molar-refractivity contribution >= 4 is 22.6 Å². The van der Waals surface area contributed by atoms with Gasteiger partial charge in [-0.15, -0.1) is 0 Å². The zero-order valence-electron chi connectivity index (χ0n) is 9.95. The lowest BCUT2D eigenvalue weighted by atomic mass is 10.2. The minimum absolute atomic E-state index is 0.175. The summed E-state index contributed by atoms with van der Waals surface area (Å²) in [5.74, 6) is -0.175. The number of aromatic nitrogens is 3. The van der Waals surface area contributed by atoms with Gasteiger partial charge >= 0.3 is 0 Å². The molecule has 1 amide bonds. The molecule has 0 saturated heterocycles. The molecule has 5 nitrogen and oxygen atoms in total. The fourth-order valence-electron chi connectivity index (χ4n) is 1.75. The Kier molecular flexibility index (Phi) is 2.86. The van der Waals surface area contributed by atoms with Gasteiger partial charge in [0, 0.05) is 36.0 Å². The van der Waals surface area contributed by atoms with E-state index in [9.17, 15) is 4.79 Å². The van der Waals surface area contributed by atoms with Gasteiger partial charge in [-0.3, -0.25) is 19.7 Å². The van der Waals surface area contributed by atoms with Gasteiger partial charge in [-0.25, -0.2) is 0 Å². The number of hydrogen-bond acceptors (Lipinski definition) is 4. The molecule has 2 aromatic heterocycles. The summed E-state index contributed by atoms with van der Waals surface area (Å²) < 4.78 is 0. The van der Waals surface area contributed by atoms with Crippen LogP contribution in [0.5, 0.6) is 0 Å². The van der Waals surface area contributed by atoms with Gasteiger partial charge in [0.15, 0.2) is 0 Å². The maximum Gasteiger partial charge on any atom is 0.255 e. The third kappa shape index (κ3) is 2.40. The third-order valence-corrected chi connectivity index (χ3v) is 2.67. The number of pyridine rings is 1. The summed E-state index contributed by atoms with van der Waals surface area (Å²) in [6.45, 7) is 0. The van der Waals surface area contributed by atoms with Crippen LogP contribution in [0, 0.1) is 0 Å². The van der Waals surface area contributed by atoms with E-state index in [4.69, 9.17) is 0 Å². The highest BCUT2D eigenvalue weighted by atomic mass is 16.1. The Balaban J connectivity index is 1.87. The van der Waals surface area contributed by atoms with E-state index < -0.39 is 0 Å². The molecule has 0 radical (unpaired) electrons. The van der Waals surface area contributed by atoms with E-state index >= 15 is 0 Å². The second-order valence-corrected chi connectivity index (χ2v) is 3.95. The molecule has 5 heteroatoms. The topological polar surface area (TPSA) is 67.8 Å². The molecule has 3 aromatic rings. The van der Waals surface area contributed by atoms with Crippen molar-refractivity contribution < 1.29 is 4.79 Å². The molecule has 1 aromatic carbocycles. The number of nitrogens with zero attached hydrogens (tertiary/aromatic N) is 3. The number of rotatable bonds is 2. The summed E-state index contributed by atoms with van der Waals surface area (Å²) in [5.41, 5.74) is 2.79. The van der Waals surface area contributed by atoms with Crippen molar-refractivity contribution in [1.29, 1.82) is 0 Å². The molecule has 92 valence electrons. The standard InChI is InChI=1S/C14H10N4O/c19-14(10-3-5-15-6-4-10)18-11-1-2-12-13(9-11)17-8-7-16-12/h1-9H,(H,18,19). The van der Waals surface area contributed by atoms with E-state index in [0.717, 1.165) is 11.0 Å². The zero-order valence-corrected chi connectivity index (χ0v) is 9.95. The number of carbonyl (C=O) groups is 1. The molecule has 0 fully saturated rings. The van der Waals surface area contributed by atoms with E-state index in [1.165, 1.54) is 0 Å². The summed E-state index contributed by atoms with van der Waals surface area (Å²) in [6.07, 6.45) is 6.43. The van der Waals surface area contributed by atoms with E-state index in [1.807, 2.05) is 6.07 Å². The Bertz CT molecular complexity index is 728. The van der Waals surface area contributed by atoms with Crippen LogP contribution in [0.3, 0.4) is 0 Å². The Labute approximate surface area is 109 Å². The molecule has 0 atom stereocenters. The predicted molar refractivity (Wildman–Crippen MR) is 71.7 cm³/mol. The van der Waals surface area contributed by atoms with Gasteiger partial charge in [0.25, 0.3) is 5.91 Å². The van der Waals surface area contributed by atoms with Gasteiger partial charge in [-0.1, -0.05) is 0 Å². The highest BCUT2D eigenvalue weighted by Gasteiger charge is 2.06. The van der Waals surface area contributed by atoms with Gasteiger partial charge in [-0.2, -0.15) is 0 Å². The zero-order chi connectivity index (χ0) is 13.1. The van der Waals surface area contributed by atoms with Crippen LogP contribution in [0.2, 0.25) is 0 Å². The molecule has 0 aliphatic heterocycles. The molecular formula is C14H10N4O. The fourth-order valence-corrected chi connectivity index (χ4v) is 1.75. The predicted octanol–water partition coefficient (Wildman–Crippen LogP) is 2.28. The maximum absolute atomic E-state index is 12.0. The van der Waals surface area contributed by atoms with Crippen LogP contribution in [-0.2, 0) is 0 Å². The quantitative estimate of drug-likeness (QED) is 0.757. The summed E-state index contributed by atoms with van der Waals surface area (Å²) in [5, 5.41) is 2.82. The van der Waals surface area contributed by atoms with Gasteiger partial charge in [0.2, 0.25) is 0 Å². The molecule has 0 aliphatic rings. The molecule has 0 unspecified atom stereocenters. The molecule has 2 heterocycles. The van der Waals surface area contributed by atoms with Crippen LogP contribution < -0.4 is 5.32 Å². The first kappa shape index (κ1) is 11.3. The minimum Gasteiger partial charge on any atom is -0.322 e. The maximum atomic E-state index is 12.0. The normalized spacial score (nSPS) is 10.3. The lowest BCUT2D eigenvalue weighted by Crippen LogP contribution is -2.11. The molecule has 0 saturated carbocycles. The van der Waals surface area contributed by atoms with Gasteiger partial charge in [0.1, 0.15) is 0 Å². The smallest absolute Gasteiger partial charge is 0.255 e. The summed E-state index contributed by atoms with van der Waals surface area (Å²) >= 11 is 0. The Morgan fingerprint density at radius 2 is 1.63 bits per heavy atom. The largest absolute Gasteiger partial charge is 0.322 e. The molecule has 1 N–H and O–H groups in total. The monoisotopic (exact) mass is 250 g/mol. The number of carbonyl (C=O) groups excluding carboxylic acids is 1. The van der Waals surface area contributed by atoms with Crippen LogP contribution in [0.4, 0.5) is 5.69 Å². The molecule has 0 spiro atoms. The van der Waals surface area contributed by atoms with Crippen molar-refractivity contribution in [2.75, 3.05) is 5.32 Å². The molecule has 0 bridgehead atoms. The summed E-state index contributed by atoms with van der Waals surface area (Å²) in [6, 6.07) is 8.74. The Hall–Kier alpha value is -2.82. The molecule has 3 rings (SSSR count). The molecule has 0 aliphatic carbocycles. The number of amides is 1. The van der Waals surface area contributed by atoms with Crippen LogP contribution in [0.1, 0.15) is 10.4 Å². The van der Waals surface area contributed by atoms with Crippen molar-refractivity contribution in [3.05, 3.63) is 60.7 Å². The van der Waals surface area contributed by atoms with E-state index in [2.05, 4.69) is 20.3 Å². The first-order valence-electron chi connectivity index (χ1n) is 5.75. The number of anilines is 1. The van der Waals surface area contributed by atoms with Gasteiger partial charge < -0.3 is 5.32 Å². The van der Waals surface area contributed by atoms with Crippen molar-refractivity contribution in [1.82, 2.24) is 15.0 Å². The number of fused-ring (bicyclic) bond motifs is 1. The summed E-state index contributed by atoms with van der Waals surface area (Å²) in [7, 11) is 0. The fraction of sp³-hybridized carbons (Fsp3) is 0. The first-order valence-corrected chi connectivity index (χ1v) is 5.75. The van der Waals surface area contributed by atoms with Crippen molar-refractivity contribution in [3.8, 4) is 0 Å². The SMILES string of the molecule is O=C(Nc1ccc2nccnc2c1)c1ccncc1. The van der Waals surface area contributed by atoms with Gasteiger partial charge in [-0.05, 0) is 30.3 Å². The number of nitrogens with one attached hydrogen (secondary N) is 1. The molecule has 19 heavy (non-hydrogen) atoms. The Morgan fingerprint density at radius 3 is 2.42 bits per heavy atom. The number of benzene rings is 1. The highest BCUT2D eigenvalue weighted by Crippen LogP contribution is 2.15. The Morgan fingerprint density at radius 1 is 0.895 bits per heavy atom. The minimum atomic E-state index is -0.175.